The molecule has 0 amide bonds. The molecule has 1 saturated heterocycles. The van der Waals surface area contributed by atoms with E-state index in [0.717, 1.165) is 61.0 Å². The Labute approximate surface area is 134 Å². The molecule has 2 aromatic heterocycles. The smallest absolute Gasteiger partial charge is 0.204 e. The molecule has 7 nitrogen and oxygen atoms in total. The van der Waals surface area contributed by atoms with Gasteiger partial charge in [-0.05, 0) is 19.1 Å². The first-order valence-corrected chi connectivity index (χ1v) is 8.08. The Morgan fingerprint density at radius 2 is 1.96 bits per heavy atom. The number of aliphatic hydroxyl groups excluding tert-OH is 1. The highest BCUT2D eigenvalue weighted by Crippen LogP contribution is 2.24. The lowest BCUT2D eigenvalue weighted by molar-refractivity contribution is -0.900. The van der Waals surface area contributed by atoms with Gasteiger partial charge in [0.05, 0.1) is 43.8 Å². The lowest BCUT2D eigenvalue weighted by atomic mass is 10.2. The normalized spacial score (nSPS) is 16.5. The van der Waals surface area contributed by atoms with Crippen LogP contribution in [-0.2, 0) is 0 Å². The number of nitrogens with one attached hydrogen (secondary N) is 1. The fraction of sp³-hybridized carbons (Fsp3) is 0.438. The molecule has 7 heteroatoms. The van der Waals surface area contributed by atoms with Crippen molar-refractivity contribution in [3.05, 3.63) is 30.1 Å². The van der Waals surface area contributed by atoms with Crippen LogP contribution in [0.15, 0.2) is 24.3 Å². The molecule has 4 rings (SSSR count). The molecule has 0 aliphatic carbocycles. The van der Waals surface area contributed by atoms with Gasteiger partial charge < -0.3 is 14.9 Å². The lowest BCUT2D eigenvalue weighted by Crippen LogP contribution is -3.15. The summed E-state index contributed by atoms with van der Waals surface area (Å²) in [5.74, 6) is 1.79. The Morgan fingerprint density at radius 1 is 1.17 bits per heavy atom. The van der Waals surface area contributed by atoms with Gasteiger partial charge in [-0.3, -0.25) is 4.40 Å². The van der Waals surface area contributed by atoms with E-state index in [4.69, 9.17) is 10.1 Å². The van der Waals surface area contributed by atoms with Crippen molar-refractivity contribution in [1.29, 1.82) is 0 Å². The molecule has 23 heavy (non-hydrogen) atoms. The fourth-order valence-electron chi connectivity index (χ4n) is 3.36. The summed E-state index contributed by atoms with van der Waals surface area (Å²) in [7, 11) is 0. The lowest BCUT2D eigenvalue weighted by Gasteiger charge is -2.32. The molecule has 1 fully saturated rings. The molecule has 1 aromatic carbocycles. The van der Waals surface area contributed by atoms with Gasteiger partial charge in [0.15, 0.2) is 5.82 Å². The molecule has 0 radical (unpaired) electrons. The van der Waals surface area contributed by atoms with Crippen molar-refractivity contribution < 1.29 is 10.0 Å². The zero-order valence-corrected chi connectivity index (χ0v) is 13.2. The third-order valence-electron chi connectivity index (χ3n) is 4.61. The number of rotatable bonds is 3. The highest BCUT2D eigenvalue weighted by atomic mass is 16.3. The van der Waals surface area contributed by atoms with Crippen molar-refractivity contribution in [2.75, 3.05) is 44.2 Å². The van der Waals surface area contributed by atoms with Crippen LogP contribution in [0, 0.1) is 6.92 Å². The van der Waals surface area contributed by atoms with E-state index in [1.54, 1.807) is 0 Å². The predicted molar refractivity (Wildman–Crippen MR) is 87.9 cm³/mol. The minimum atomic E-state index is 0.247. The molecular weight excluding hydrogens is 292 g/mol. The molecule has 1 aliphatic heterocycles. The van der Waals surface area contributed by atoms with E-state index in [1.807, 2.05) is 25.1 Å². The summed E-state index contributed by atoms with van der Waals surface area (Å²) in [5, 5.41) is 17.7. The summed E-state index contributed by atoms with van der Waals surface area (Å²) < 4.78 is 2.09. The van der Waals surface area contributed by atoms with Crippen molar-refractivity contribution in [3.63, 3.8) is 0 Å². The Balaban J connectivity index is 1.77. The monoisotopic (exact) mass is 313 g/mol. The summed E-state index contributed by atoms with van der Waals surface area (Å²) in [6.45, 7) is 6.89. The van der Waals surface area contributed by atoms with Crippen LogP contribution < -0.4 is 9.80 Å². The molecule has 0 bridgehead atoms. The highest BCUT2D eigenvalue weighted by molar-refractivity contribution is 5.83. The Bertz CT molecular complexity index is 837. The number of hydrogen-bond donors (Lipinski definition) is 2. The van der Waals surface area contributed by atoms with Gasteiger partial charge in [0, 0.05) is 0 Å². The first-order chi connectivity index (χ1) is 11.3. The van der Waals surface area contributed by atoms with Crippen LogP contribution in [0.3, 0.4) is 0 Å². The number of nitrogens with zero attached hydrogens (tertiary/aromatic N) is 5. The molecule has 1 aliphatic rings. The van der Waals surface area contributed by atoms with E-state index in [9.17, 15) is 0 Å². The van der Waals surface area contributed by atoms with E-state index in [-0.39, 0.29) is 6.61 Å². The van der Waals surface area contributed by atoms with E-state index >= 15 is 0 Å². The number of anilines is 1. The number of quaternary nitrogens is 1. The van der Waals surface area contributed by atoms with Crippen LogP contribution in [0.25, 0.3) is 16.7 Å². The zero-order chi connectivity index (χ0) is 15.8. The topological polar surface area (TPSA) is 71.0 Å². The minimum Gasteiger partial charge on any atom is -0.391 e. The van der Waals surface area contributed by atoms with E-state index in [2.05, 4.69) is 25.6 Å². The second-order valence-corrected chi connectivity index (χ2v) is 6.04. The van der Waals surface area contributed by atoms with Crippen molar-refractivity contribution >= 4 is 22.5 Å². The van der Waals surface area contributed by atoms with Crippen molar-refractivity contribution in [3.8, 4) is 0 Å². The van der Waals surface area contributed by atoms with Crippen LogP contribution in [0.1, 0.15) is 5.82 Å². The number of benzene rings is 1. The molecule has 0 spiro atoms. The number of aliphatic hydroxyl groups is 1. The summed E-state index contributed by atoms with van der Waals surface area (Å²) in [4.78, 5) is 8.59. The largest absolute Gasteiger partial charge is 0.391 e. The van der Waals surface area contributed by atoms with Crippen LogP contribution >= 0.6 is 0 Å². The maximum atomic E-state index is 9.10. The van der Waals surface area contributed by atoms with Crippen LogP contribution in [0.2, 0.25) is 0 Å². The van der Waals surface area contributed by atoms with Gasteiger partial charge in [-0.15, -0.1) is 10.2 Å². The van der Waals surface area contributed by atoms with Gasteiger partial charge >= 0.3 is 0 Å². The standard InChI is InChI=1S/C16H20N6O/c1-12-18-19-16-15(21-8-6-20(7-9-21)10-11-23)17-13-4-2-3-5-14(13)22(12)16/h2-5,23H,6-11H2,1H3/p+1. The number of hydrogen-bond acceptors (Lipinski definition) is 5. The number of aromatic nitrogens is 4. The number of piperazine rings is 1. The van der Waals surface area contributed by atoms with Gasteiger partial charge in [0.2, 0.25) is 5.65 Å². The zero-order valence-electron chi connectivity index (χ0n) is 13.2. The second kappa shape index (κ2) is 5.75. The fourth-order valence-corrected chi connectivity index (χ4v) is 3.36. The molecule has 120 valence electrons. The summed E-state index contributed by atoms with van der Waals surface area (Å²) in [5.41, 5.74) is 2.83. The second-order valence-electron chi connectivity index (χ2n) is 6.04. The minimum absolute atomic E-state index is 0.247. The maximum Gasteiger partial charge on any atom is 0.204 e. The van der Waals surface area contributed by atoms with Gasteiger partial charge in [0.1, 0.15) is 12.4 Å². The SMILES string of the molecule is Cc1nnc2c(N3CC[NH+](CCO)CC3)nc3ccccc3n12. The molecule has 0 saturated carbocycles. The number of para-hydroxylation sites is 2. The van der Waals surface area contributed by atoms with Gasteiger partial charge in [-0.1, -0.05) is 12.1 Å². The molecule has 2 N–H and O–H groups in total. The summed E-state index contributed by atoms with van der Waals surface area (Å²) in [6, 6.07) is 8.11. The highest BCUT2D eigenvalue weighted by Gasteiger charge is 2.24. The molecule has 0 unspecified atom stereocenters. The molecule has 3 heterocycles. The van der Waals surface area contributed by atoms with Crippen LogP contribution in [-0.4, -0.2) is 64.0 Å². The molecular formula is C16H21N6O+. The van der Waals surface area contributed by atoms with Crippen molar-refractivity contribution in [1.82, 2.24) is 19.6 Å². The van der Waals surface area contributed by atoms with E-state index in [1.165, 1.54) is 4.90 Å². The quantitative estimate of drug-likeness (QED) is 0.668. The number of aryl methyl sites for hydroxylation is 1. The Morgan fingerprint density at radius 3 is 2.74 bits per heavy atom. The first-order valence-electron chi connectivity index (χ1n) is 8.08. The molecule has 3 aromatic rings. The van der Waals surface area contributed by atoms with Gasteiger partial charge in [-0.2, -0.15) is 0 Å². The average Bonchev–Trinajstić information content (AvgIpc) is 2.98. The first kappa shape index (κ1) is 14.3. The van der Waals surface area contributed by atoms with Crippen LogP contribution in [0.4, 0.5) is 5.82 Å². The van der Waals surface area contributed by atoms with E-state index < -0.39 is 0 Å². The van der Waals surface area contributed by atoms with Crippen molar-refractivity contribution in [2.24, 2.45) is 0 Å². The van der Waals surface area contributed by atoms with Crippen molar-refractivity contribution in [2.45, 2.75) is 6.92 Å². The Hall–Kier alpha value is -2.25. The molecule has 0 atom stereocenters. The van der Waals surface area contributed by atoms with Gasteiger partial charge in [-0.25, -0.2) is 4.98 Å². The van der Waals surface area contributed by atoms with Gasteiger partial charge in [0.25, 0.3) is 0 Å². The predicted octanol–water partition coefficient (Wildman–Crippen LogP) is -0.717. The Kier molecular flexibility index (Phi) is 3.59. The van der Waals surface area contributed by atoms with E-state index in [0.29, 0.717) is 0 Å². The maximum absolute atomic E-state index is 9.10. The third-order valence-corrected chi connectivity index (χ3v) is 4.61. The average molecular weight is 313 g/mol. The summed E-state index contributed by atoms with van der Waals surface area (Å²) >= 11 is 0. The van der Waals surface area contributed by atoms with Crippen LogP contribution in [0.5, 0.6) is 0 Å². The number of fused-ring (bicyclic) bond motifs is 3. The third kappa shape index (κ3) is 2.42. The summed E-state index contributed by atoms with van der Waals surface area (Å²) in [6.07, 6.45) is 0.